The lowest BCUT2D eigenvalue weighted by Gasteiger charge is -2.37. The van der Waals surface area contributed by atoms with Gasteiger partial charge in [0.2, 0.25) is 5.88 Å². The van der Waals surface area contributed by atoms with Gasteiger partial charge in [0.05, 0.1) is 13.7 Å². The minimum Gasteiger partial charge on any atom is -0.481 e. The number of hydrogen-bond donors (Lipinski definition) is 0. The molecule has 0 bridgehead atoms. The molecule has 152 valence electrons. The maximum absolute atomic E-state index is 12.5. The third kappa shape index (κ3) is 3.69. The highest BCUT2D eigenvalue weighted by molar-refractivity contribution is 5.90. The number of benzene rings is 1. The lowest BCUT2D eigenvalue weighted by atomic mass is 9.91. The molecule has 1 aromatic carbocycles. The molecule has 2 aliphatic heterocycles. The van der Waals surface area contributed by atoms with Gasteiger partial charge in [0, 0.05) is 49.9 Å². The summed E-state index contributed by atoms with van der Waals surface area (Å²) in [7, 11) is 1.68. The summed E-state index contributed by atoms with van der Waals surface area (Å²) >= 11 is 0. The normalized spacial score (nSPS) is 21.4. The number of anilines is 1. The van der Waals surface area contributed by atoms with Crippen LogP contribution in [0.15, 0.2) is 42.6 Å². The van der Waals surface area contributed by atoms with Crippen LogP contribution in [0.1, 0.15) is 42.7 Å². The van der Waals surface area contributed by atoms with Crippen LogP contribution in [0, 0.1) is 0 Å². The average molecular weight is 393 g/mol. The van der Waals surface area contributed by atoms with Crippen molar-refractivity contribution in [3.8, 4) is 5.88 Å². The summed E-state index contributed by atoms with van der Waals surface area (Å²) in [5.74, 6) is 1.40. The van der Waals surface area contributed by atoms with Crippen LogP contribution in [0.3, 0.4) is 0 Å². The summed E-state index contributed by atoms with van der Waals surface area (Å²) in [5.41, 5.74) is 3.02. The van der Waals surface area contributed by atoms with Crippen LogP contribution < -0.4 is 9.64 Å². The molecule has 0 atom stereocenters. The Labute approximate surface area is 171 Å². The zero-order valence-electron chi connectivity index (χ0n) is 16.8. The summed E-state index contributed by atoms with van der Waals surface area (Å²) in [6.07, 6.45) is 5.96. The van der Waals surface area contributed by atoms with Crippen LogP contribution in [0.25, 0.3) is 0 Å². The number of amides is 1. The molecule has 0 radical (unpaired) electrons. The average Bonchev–Trinajstić information content (AvgIpc) is 3.55. The fraction of sp³-hybridized carbons (Fsp3) is 0.478. The third-order valence-corrected chi connectivity index (χ3v) is 6.39. The van der Waals surface area contributed by atoms with Crippen molar-refractivity contribution in [3.63, 3.8) is 0 Å². The second kappa shape index (κ2) is 7.34. The van der Waals surface area contributed by atoms with Gasteiger partial charge in [-0.2, -0.15) is 0 Å². The molecule has 3 heterocycles. The first-order valence-corrected chi connectivity index (χ1v) is 10.5. The number of hydrogen-bond acceptors (Lipinski definition) is 5. The number of nitrogens with zero attached hydrogens (tertiary/aromatic N) is 3. The highest BCUT2D eigenvalue weighted by Gasteiger charge is 2.47. The number of aromatic nitrogens is 1. The number of para-hydroxylation sites is 1. The van der Waals surface area contributed by atoms with Crippen LogP contribution in [0.2, 0.25) is 0 Å². The molecule has 1 amide bonds. The molecule has 5 rings (SSSR count). The molecule has 29 heavy (non-hydrogen) atoms. The van der Waals surface area contributed by atoms with Crippen LogP contribution in [0.5, 0.6) is 5.88 Å². The number of likely N-dealkylation sites (tertiary alicyclic amines) is 1. The topological polar surface area (TPSA) is 54.9 Å². The molecule has 1 saturated carbocycles. The number of ether oxygens (including phenoxy) is 2. The van der Waals surface area contributed by atoms with Crippen LogP contribution in [0.4, 0.5) is 10.5 Å². The zero-order chi connectivity index (χ0) is 19.8. The molecule has 6 heteroatoms. The fourth-order valence-corrected chi connectivity index (χ4v) is 4.50. The van der Waals surface area contributed by atoms with E-state index in [9.17, 15) is 4.79 Å². The highest BCUT2D eigenvalue weighted by atomic mass is 16.6. The summed E-state index contributed by atoms with van der Waals surface area (Å²) in [6.45, 7) is 3.24. The van der Waals surface area contributed by atoms with E-state index in [0.29, 0.717) is 12.5 Å². The SMILES string of the molecule is COc1ncc(C2CC2)cc1CN1CCC2(CC1)CN(c1ccccc1)C(=O)O2. The number of carbonyl (C=O) groups is 1. The predicted molar refractivity (Wildman–Crippen MR) is 110 cm³/mol. The molecule has 3 aliphatic rings. The van der Waals surface area contributed by atoms with Crippen molar-refractivity contribution in [2.45, 2.75) is 43.7 Å². The van der Waals surface area contributed by atoms with Crippen LogP contribution >= 0.6 is 0 Å². The van der Waals surface area contributed by atoms with Gasteiger partial charge in [0.1, 0.15) is 5.60 Å². The number of carbonyl (C=O) groups excluding carboxylic acids is 1. The molecule has 1 aromatic heterocycles. The Morgan fingerprint density at radius 3 is 2.66 bits per heavy atom. The molecule has 6 nitrogen and oxygen atoms in total. The molecule has 2 aromatic rings. The van der Waals surface area contributed by atoms with Crippen molar-refractivity contribution < 1.29 is 14.3 Å². The largest absolute Gasteiger partial charge is 0.481 e. The van der Waals surface area contributed by atoms with E-state index in [2.05, 4.69) is 16.0 Å². The molecule has 0 N–H and O–H groups in total. The van der Waals surface area contributed by atoms with Gasteiger partial charge < -0.3 is 9.47 Å². The van der Waals surface area contributed by atoms with Gasteiger partial charge in [-0.3, -0.25) is 9.80 Å². The number of rotatable bonds is 5. The molecular weight excluding hydrogens is 366 g/mol. The van der Waals surface area contributed by atoms with Gasteiger partial charge in [-0.15, -0.1) is 0 Å². The molecule has 3 fully saturated rings. The minimum atomic E-state index is -0.373. The van der Waals surface area contributed by atoms with E-state index in [1.165, 1.54) is 18.4 Å². The van der Waals surface area contributed by atoms with E-state index in [-0.39, 0.29) is 11.7 Å². The maximum Gasteiger partial charge on any atom is 0.415 e. The van der Waals surface area contributed by atoms with E-state index in [1.54, 1.807) is 12.0 Å². The first-order chi connectivity index (χ1) is 14.2. The third-order valence-electron chi connectivity index (χ3n) is 6.39. The lowest BCUT2D eigenvalue weighted by Crippen LogP contribution is -2.46. The van der Waals surface area contributed by atoms with Gasteiger partial charge in [0.25, 0.3) is 0 Å². The Morgan fingerprint density at radius 2 is 1.97 bits per heavy atom. The van der Waals surface area contributed by atoms with E-state index in [0.717, 1.165) is 49.6 Å². The Balaban J connectivity index is 1.24. The monoisotopic (exact) mass is 393 g/mol. The van der Waals surface area contributed by atoms with Crippen molar-refractivity contribution in [1.82, 2.24) is 9.88 Å². The first kappa shape index (κ1) is 18.4. The van der Waals surface area contributed by atoms with E-state index >= 15 is 0 Å². The summed E-state index contributed by atoms with van der Waals surface area (Å²) in [6, 6.07) is 12.0. The standard InChI is InChI=1S/C23H27N3O3/c1-28-21-19(13-18(14-24-21)17-7-8-17)15-25-11-9-23(10-12-25)16-26(22(27)29-23)20-5-3-2-4-6-20/h2-6,13-14,17H,7-12,15-16H2,1H3. The second-order valence-corrected chi connectivity index (χ2v) is 8.46. The predicted octanol–water partition coefficient (Wildman–Crippen LogP) is 3.96. The van der Waals surface area contributed by atoms with Gasteiger partial charge >= 0.3 is 6.09 Å². The molecule has 1 aliphatic carbocycles. The Kier molecular flexibility index (Phi) is 4.66. The van der Waals surface area contributed by atoms with Crippen molar-refractivity contribution in [1.29, 1.82) is 0 Å². The van der Waals surface area contributed by atoms with Gasteiger partial charge in [-0.1, -0.05) is 18.2 Å². The van der Waals surface area contributed by atoms with Crippen molar-refractivity contribution >= 4 is 11.8 Å². The van der Waals surface area contributed by atoms with Crippen molar-refractivity contribution in [2.75, 3.05) is 31.6 Å². The minimum absolute atomic E-state index is 0.229. The maximum atomic E-state index is 12.5. The molecular formula is C23H27N3O3. The summed E-state index contributed by atoms with van der Waals surface area (Å²) in [4.78, 5) is 21.2. The van der Waals surface area contributed by atoms with E-state index in [4.69, 9.17) is 9.47 Å². The van der Waals surface area contributed by atoms with Crippen molar-refractivity contribution in [2.24, 2.45) is 0 Å². The van der Waals surface area contributed by atoms with E-state index in [1.807, 2.05) is 36.5 Å². The fourth-order valence-electron chi connectivity index (χ4n) is 4.50. The Hall–Kier alpha value is -2.60. The zero-order valence-corrected chi connectivity index (χ0v) is 16.8. The highest BCUT2D eigenvalue weighted by Crippen LogP contribution is 2.41. The Morgan fingerprint density at radius 1 is 1.21 bits per heavy atom. The Bertz CT molecular complexity index is 889. The molecule has 1 spiro atoms. The smallest absolute Gasteiger partial charge is 0.415 e. The number of piperidine rings is 1. The van der Waals surface area contributed by atoms with Gasteiger partial charge in [0.15, 0.2) is 0 Å². The van der Waals surface area contributed by atoms with Gasteiger partial charge in [-0.05, 0) is 42.5 Å². The van der Waals surface area contributed by atoms with Crippen molar-refractivity contribution in [3.05, 3.63) is 53.7 Å². The lowest BCUT2D eigenvalue weighted by molar-refractivity contribution is -0.00112. The van der Waals surface area contributed by atoms with Crippen LogP contribution in [-0.4, -0.2) is 48.3 Å². The quantitative estimate of drug-likeness (QED) is 0.770. The first-order valence-electron chi connectivity index (χ1n) is 10.5. The van der Waals surface area contributed by atoms with Gasteiger partial charge in [-0.25, -0.2) is 9.78 Å². The number of pyridine rings is 1. The van der Waals surface area contributed by atoms with Crippen LogP contribution in [-0.2, 0) is 11.3 Å². The van der Waals surface area contributed by atoms with E-state index < -0.39 is 0 Å². The molecule has 0 unspecified atom stereocenters. The molecule has 2 saturated heterocycles. The summed E-state index contributed by atoms with van der Waals surface area (Å²) in [5, 5.41) is 0. The second-order valence-electron chi connectivity index (χ2n) is 8.46. The number of methoxy groups -OCH3 is 1. The summed E-state index contributed by atoms with van der Waals surface area (Å²) < 4.78 is 11.4.